The molecular weight excluding hydrogens is 395 g/mol. The number of methoxy groups -OCH3 is 1. The predicted molar refractivity (Wildman–Crippen MR) is 106 cm³/mol. The van der Waals surface area contributed by atoms with E-state index in [0.29, 0.717) is 24.4 Å². The van der Waals surface area contributed by atoms with Crippen molar-refractivity contribution >= 4 is 17.8 Å². The zero-order valence-corrected chi connectivity index (χ0v) is 16.5. The van der Waals surface area contributed by atoms with Gasteiger partial charge in [-0.25, -0.2) is 14.0 Å². The zero-order valence-electron chi connectivity index (χ0n) is 16.5. The summed E-state index contributed by atoms with van der Waals surface area (Å²) < 4.78 is 18.1. The lowest BCUT2D eigenvalue weighted by Crippen LogP contribution is -2.48. The Labute approximate surface area is 173 Å². The lowest BCUT2D eigenvalue weighted by Gasteiger charge is -2.34. The minimum absolute atomic E-state index is 0.0373. The van der Waals surface area contributed by atoms with Crippen LogP contribution in [0.2, 0.25) is 0 Å². The van der Waals surface area contributed by atoms with Crippen molar-refractivity contribution in [2.24, 2.45) is 0 Å². The van der Waals surface area contributed by atoms with Crippen LogP contribution in [-0.2, 0) is 16.1 Å². The van der Waals surface area contributed by atoms with Gasteiger partial charge in [-0.3, -0.25) is 9.69 Å². The van der Waals surface area contributed by atoms with E-state index in [2.05, 4.69) is 4.90 Å². The fourth-order valence-corrected chi connectivity index (χ4v) is 2.90. The number of amides is 1. The quantitative estimate of drug-likeness (QED) is 0.731. The van der Waals surface area contributed by atoms with Crippen molar-refractivity contribution in [1.82, 2.24) is 9.80 Å². The van der Waals surface area contributed by atoms with Gasteiger partial charge in [0.05, 0.1) is 7.11 Å². The fraction of sp³-hybridized carbons (Fsp3) is 0.286. The van der Waals surface area contributed by atoms with Crippen LogP contribution in [0.15, 0.2) is 48.5 Å². The van der Waals surface area contributed by atoms with E-state index in [1.54, 1.807) is 13.2 Å². The number of ether oxygens (including phenoxy) is 1. The van der Waals surface area contributed by atoms with Gasteiger partial charge in [-0.2, -0.15) is 0 Å². The van der Waals surface area contributed by atoms with Gasteiger partial charge in [0.1, 0.15) is 11.6 Å². The molecule has 0 bridgehead atoms. The van der Waals surface area contributed by atoms with E-state index in [1.165, 1.54) is 12.1 Å². The van der Waals surface area contributed by atoms with Gasteiger partial charge in [-0.1, -0.05) is 18.2 Å². The molecule has 1 aliphatic rings. The van der Waals surface area contributed by atoms with Crippen molar-refractivity contribution in [1.29, 1.82) is 0 Å². The van der Waals surface area contributed by atoms with Gasteiger partial charge in [-0.15, -0.1) is 0 Å². The van der Waals surface area contributed by atoms with Crippen molar-refractivity contribution in [3.05, 3.63) is 65.5 Å². The molecule has 0 radical (unpaired) electrons. The Morgan fingerprint density at radius 3 is 2.10 bits per heavy atom. The monoisotopic (exact) mass is 418 g/mol. The summed E-state index contributed by atoms with van der Waals surface area (Å²) in [6.07, 6.45) is 0. The van der Waals surface area contributed by atoms with Crippen molar-refractivity contribution in [3.63, 3.8) is 0 Å². The van der Waals surface area contributed by atoms with E-state index in [-0.39, 0.29) is 11.7 Å². The number of carboxylic acid groups (broad SMARTS) is 2. The number of piperazine rings is 1. The maximum atomic E-state index is 13.0. The summed E-state index contributed by atoms with van der Waals surface area (Å²) in [5, 5.41) is 14.8. The number of carbonyl (C=O) groups is 3. The number of hydrogen-bond acceptors (Lipinski definition) is 5. The molecule has 2 aromatic rings. The number of aliphatic carboxylic acids is 2. The molecule has 1 saturated heterocycles. The molecule has 0 unspecified atom stereocenters. The average Bonchev–Trinajstić information content (AvgIpc) is 2.76. The van der Waals surface area contributed by atoms with Crippen LogP contribution >= 0.6 is 0 Å². The third kappa shape index (κ3) is 6.85. The molecule has 0 aliphatic carbocycles. The van der Waals surface area contributed by atoms with E-state index in [4.69, 9.17) is 24.5 Å². The first-order chi connectivity index (χ1) is 14.3. The number of rotatable bonds is 4. The topological polar surface area (TPSA) is 107 Å². The molecule has 3 rings (SSSR count). The molecule has 1 aliphatic heterocycles. The fourth-order valence-electron chi connectivity index (χ4n) is 2.90. The first kappa shape index (κ1) is 22.8. The minimum Gasteiger partial charge on any atom is -0.497 e. The molecule has 1 heterocycles. The summed E-state index contributed by atoms with van der Waals surface area (Å²) >= 11 is 0. The molecule has 8 nitrogen and oxygen atoms in total. The number of hydrogen-bond donors (Lipinski definition) is 2. The number of nitrogens with zero attached hydrogens (tertiary/aromatic N) is 2. The second kappa shape index (κ2) is 10.9. The summed E-state index contributed by atoms with van der Waals surface area (Å²) in [6.45, 7) is 3.79. The van der Waals surface area contributed by atoms with Gasteiger partial charge in [0.15, 0.2) is 0 Å². The van der Waals surface area contributed by atoms with Gasteiger partial charge < -0.3 is 19.8 Å². The summed E-state index contributed by atoms with van der Waals surface area (Å²) in [4.78, 5) is 34.9. The lowest BCUT2D eigenvalue weighted by molar-refractivity contribution is -0.159. The largest absolute Gasteiger partial charge is 0.497 e. The van der Waals surface area contributed by atoms with E-state index in [9.17, 15) is 9.18 Å². The molecule has 0 atom stereocenters. The molecule has 0 aromatic heterocycles. The predicted octanol–water partition coefficient (Wildman–Crippen LogP) is 1.95. The zero-order chi connectivity index (χ0) is 22.1. The molecule has 0 spiro atoms. The highest BCUT2D eigenvalue weighted by Crippen LogP contribution is 2.16. The third-order valence-corrected chi connectivity index (χ3v) is 4.48. The van der Waals surface area contributed by atoms with Gasteiger partial charge >= 0.3 is 11.9 Å². The highest BCUT2D eigenvalue weighted by Gasteiger charge is 2.22. The van der Waals surface area contributed by atoms with E-state index in [0.717, 1.165) is 25.2 Å². The Bertz CT molecular complexity index is 867. The Balaban J connectivity index is 0.000000469. The van der Waals surface area contributed by atoms with Crippen LogP contribution in [-0.4, -0.2) is 71.1 Å². The second-order valence-corrected chi connectivity index (χ2v) is 6.54. The average molecular weight is 418 g/mol. The summed E-state index contributed by atoms with van der Waals surface area (Å²) in [7, 11) is 1.60. The Morgan fingerprint density at radius 2 is 1.57 bits per heavy atom. The van der Waals surface area contributed by atoms with Crippen molar-refractivity contribution in [2.45, 2.75) is 6.54 Å². The van der Waals surface area contributed by atoms with Gasteiger partial charge in [-0.05, 0) is 35.9 Å². The van der Waals surface area contributed by atoms with E-state index >= 15 is 0 Å². The molecule has 1 amide bonds. The molecular formula is C21H23FN2O6. The Kier molecular flexibility index (Phi) is 8.30. The highest BCUT2D eigenvalue weighted by molar-refractivity contribution is 6.27. The molecule has 2 N–H and O–H groups in total. The first-order valence-corrected chi connectivity index (χ1v) is 9.16. The number of carbonyl (C=O) groups excluding carboxylic acids is 1. The molecule has 9 heteroatoms. The van der Waals surface area contributed by atoms with Crippen LogP contribution in [0.1, 0.15) is 15.9 Å². The smallest absolute Gasteiger partial charge is 0.414 e. The Morgan fingerprint density at radius 1 is 0.967 bits per heavy atom. The summed E-state index contributed by atoms with van der Waals surface area (Å²) in [5.74, 6) is -3.14. The summed E-state index contributed by atoms with van der Waals surface area (Å²) in [5.41, 5.74) is 1.74. The van der Waals surface area contributed by atoms with Gasteiger partial charge in [0.2, 0.25) is 0 Å². The number of carboxylic acids is 2. The standard InChI is InChI=1S/C19H21FN2O2.C2H2O4/c1-24-18-4-2-3-16(13-18)19(23)22-11-9-21(10-12-22)14-15-5-7-17(20)8-6-15;3-1(4)2(5)6/h2-8,13H,9-12,14H2,1H3;(H,3,4)(H,5,6). The van der Waals surface area contributed by atoms with Crippen LogP contribution in [0, 0.1) is 5.82 Å². The van der Waals surface area contributed by atoms with Crippen LogP contribution in [0.4, 0.5) is 4.39 Å². The van der Waals surface area contributed by atoms with Crippen molar-refractivity contribution in [2.75, 3.05) is 33.3 Å². The first-order valence-electron chi connectivity index (χ1n) is 9.16. The molecule has 2 aromatic carbocycles. The van der Waals surface area contributed by atoms with Crippen molar-refractivity contribution in [3.8, 4) is 5.75 Å². The molecule has 160 valence electrons. The lowest BCUT2D eigenvalue weighted by atomic mass is 10.1. The Hall–Kier alpha value is -3.46. The van der Waals surface area contributed by atoms with Crippen molar-refractivity contribution < 1.29 is 33.7 Å². The normalized spacial score (nSPS) is 13.7. The summed E-state index contributed by atoms with van der Waals surface area (Å²) in [6, 6.07) is 13.8. The SMILES string of the molecule is COc1cccc(C(=O)N2CCN(Cc3ccc(F)cc3)CC2)c1.O=C(O)C(=O)O. The molecule has 1 fully saturated rings. The van der Waals surface area contributed by atoms with E-state index in [1.807, 2.05) is 35.2 Å². The maximum Gasteiger partial charge on any atom is 0.414 e. The number of benzene rings is 2. The van der Waals surface area contributed by atoms with Gasteiger partial charge in [0, 0.05) is 38.3 Å². The maximum absolute atomic E-state index is 13.0. The van der Waals surface area contributed by atoms with E-state index < -0.39 is 11.9 Å². The van der Waals surface area contributed by atoms with Crippen LogP contribution in [0.25, 0.3) is 0 Å². The van der Waals surface area contributed by atoms with Crippen LogP contribution < -0.4 is 4.74 Å². The second-order valence-electron chi connectivity index (χ2n) is 6.54. The third-order valence-electron chi connectivity index (χ3n) is 4.48. The van der Waals surface area contributed by atoms with Crippen LogP contribution in [0.5, 0.6) is 5.75 Å². The van der Waals surface area contributed by atoms with Crippen LogP contribution in [0.3, 0.4) is 0 Å². The van der Waals surface area contributed by atoms with Gasteiger partial charge in [0.25, 0.3) is 5.91 Å². The molecule has 30 heavy (non-hydrogen) atoms. The highest BCUT2D eigenvalue weighted by atomic mass is 19.1. The number of halogens is 1. The molecule has 0 saturated carbocycles. The minimum atomic E-state index is -1.82.